The molecular formula is C23H26ClF2N5O. The third-order valence-electron chi connectivity index (χ3n) is 5.46. The lowest BCUT2D eigenvalue weighted by atomic mass is 10.2. The van der Waals surface area contributed by atoms with E-state index in [0.29, 0.717) is 17.3 Å². The van der Waals surface area contributed by atoms with E-state index in [1.807, 2.05) is 30.2 Å². The van der Waals surface area contributed by atoms with Crippen LogP contribution in [0.25, 0.3) is 11.9 Å². The summed E-state index contributed by atoms with van der Waals surface area (Å²) in [6, 6.07) is 7.35. The van der Waals surface area contributed by atoms with Gasteiger partial charge in [-0.3, -0.25) is 4.90 Å². The number of anilines is 1. The maximum atomic E-state index is 13.5. The molecule has 0 N–H and O–H groups in total. The Morgan fingerprint density at radius 1 is 1.09 bits per heavy atom. The van der Waals surface area contributed by atoms with Gasteiger partial charge in [0.2, 0.25) is 0 Å². The number of hydrogen-bond acceptors (Lipinski definition) is 5. The van der Waals surface area contributed by atoms with Crippen LogP contribution in [0.4, 0.5) is 14.5 Å². The van der Waals surface area contributed by atoms with Crippen LogP contribution in [0, 0.1) is 18.6 Å². The summed E-state index contributed by atoms with van der Waals surface area (Å²) in [5, 5.41) is 4.46. The fourth-order valence-electron chi connectivity index (χ4n) is 3.74. The number of nitrogens with zero attached hydrogens (tertiary/aromatic N) is 5. The predicted molar refractivity (Wildman–Crippen MR) is 124 cm³/mol. The highest BCUT2D eigenvalue weighted by Gasteiger charge is 2.17. The number of aromatic nitrogens is 3. The Kier molecular flexibility index (Phi) is 7.82. The Morgan fingerprint density at radius 3 is 2.50 bits per heavy atom. The van der Waals surface area contributed by atoms with Gasteiger partial charge in [-0.05, 0) is 31.2 Å². The third kappa shape index (κ3) is 5.26. The highest BCUT2D eigenvalue weighted by molar-refractivity contribution is 5.85. The molecule has 3 aromatic rings. The van der Waals surface area contributed by atoms with Crippen molar-refractivity contribution in [2.75, 3.05) is 44.7 Å². The predicted octanol–water partition coefficient (Wildman–Crippen LogP) is 4.12. The van der Waals surface area contributed by atoms with Gasteiger partial charge in [-0.15, -0.1) is 12.4 Å². The van der Waals surface area contributed by atoms with Gasteiger partial charge in [-0.25, -0.2) is 18.4 Å². The van der Waals surface area contributed by atoms with Gasteiger partial charge in [0.25, 0.3) is 0 Å². The molecule has 0 radical (unpaired) electrons. The molecule has 9 heteroatoms. The molecule has 0 amide bonds. The average molecular weight is 462 g/mol. The van der Waals surface area contributed by atoms with Crippen molar-refractivity contribution in [3.05, 3.63) is 71.7 Å². The van der Waals surface area contributed by atoms with Crippen LogP contribution in [0.15, 0.2) is 48.8 Å². The average Bonchev–Trinajstić information content (AvgIpc) is 3.13. The van der Waals surface area contributed by atoms with Gasteiger partial charge in [0.1, 0.15) is 11.6 Å². The van der Waals surface area contributed by atoms with E-state index in [4.69, 9.17) is 4.74 Å². The molecule has 0 spiro atoms. The number of rotatable bonds is 6. The van der Waals surface area contributed by atoms with E-state index < -0.39 is 11.6 Å². The second-order valence-electron chi connectivity index (χ2n) is 7.44. The monoisotopic (exact) mass is 461 g/mol. The number of halogens is 3. The minimum atomic E-state index is -0.542. The Labute approximate surface area is 192 Å². The van der Waals surface area contributed by atoms with E-state index >= 15 is 0 Å². The normalized spacial score (nSPS) is 14.6. The molecule has 2 aromatic heterocycles. The Balaban J connectivity index is 0.00000289. The summed E-state index contributed by atoms with van der Waals surface area (Å²) in [5.74, 6) is 0.242. The molecule has 170 valence electrons. The van der Waals surface area contributed by atoms with Gasteiger partial charge in [-0.1, -0.05) is 12.2 Å². The Morgan fingerprint density at radius 2 is 1.81 bits per heavy atom. The molecule has 0 aliphatic carbocycles. The zero-order chi connectivity index (χ0) is 21.8. The van der Waals surface area contributed by atoms with Crippen molar-refractivity contribution < 1.29 is 13.5 Å². The summed E-state index contributed by atoms with van der Waals surface area (Å²) >= 11 is 0. The standard InChI is InChI=1S/C23H25F2N5O.ClH/c1-17-18(16-27-30(17)23-22(31-2)6-3-7-26-23)5-4-8-28-9-11-29(12-10-28)21-14-19(24)13-20(25)15-21;/h3-7,13-16H,8-12H2,1-2H3;1H. The molecule has 0 unspecified atom stereocenters. The van der Waals surface area contributed by atoms with E-state index in [0.717, 1.165) is 50.0 Å². The Hall–Kier alpha value is -2.97. The van der Waals surface area contributed by atoms with Crippen molar-refractivity contribution in [2.45, 2.75) is 6.92 Å². The highest BCUT2D eigenvalue weighted by atomic mass is 35.5. The van der Waals surface area contributed by atoms with Gasteiger partial charge in [0.15, 0.2) is 11.6 Å². The second kappa shape index (κ2) is 10.6. The maximum Gasteiger partial charge on any atom is 0.196 e. The largest absolute Gasteiger partial charge is 0.493 e. The SMILES string of the molecule is COc1cccnc1-n1ncc(C=CCN2CCN(c3cc(F)cc(F)c3)CC2)c1C.Cl. The summed E-state index contributed by atoms with van der Waals surface area (Å²) in [7, 11) is 1.62. The second-order valence-corrected chi connectivity index (χ2v) is 7.44. The molecule has 32 heavy (non-hydrogen) atoms. The number of ether oxygens (including phenoxy) is 1. The van der Waals surface area contributed by atoms with Gasteiger partial charge in [-0.2, -0.15) is 5.10 Å². The molecular weight excluding hydrogens is 436 g/mol. The molecule has 1 fully saturated rings. The quantitative estimate of drug-likeness (QED) is 0.552. The molecule has 0 bridgehead atoms. The highest BCUT2D eigenvalue weighted by Crippen LogP contribution is 2.22. The number of methoxy groups -OCH3 is 1. The lowest BCUT2D eigenvalue weighted by Gasteiger charge is -2.35. The summed E-state index contributed by atoms with van der Waals surface area (Å²) in [6.45, 7) is 5.90. The first kappa shape index (κ1) is 23.7. The van der Waals surface area contributed by atoms with Gasteiger partial charge in [0.05, 0.1) is 19.0 Å². The number of hydrogen-bond donors (Lipinski definition) is 0. The van der Waals surface area contributed by atoms with Crippen molar-refractivity contribution in [2.24, 2.45) is 0 Å². The first-order valence-corrected chi connectivity index (χ1v) is 10.2. The number of benzene rings is 1. The summed E-state index contributed by atoms with van der Waals surface area (Å²) in [5.41, 5.74) is 2.59. The molecule has 0 saturated carbocycles. The first-order chi connectivity index (χ1) is 15.0. The third-order valence-corrected chi connectivity index (χ3v) is 5.46. The molecule has 3 heterocycles. The zero-order valence-corrected chi connectivity index (χ0v) is 18.9. The van der Waals surface area contributed by atoms with Crippen LogP contribution in [0.3, 0.4) is 0 Å². The van der Waals surface area contributed by atoms with E-state index in [2.05, 4.69) is 27.1 Å². The van der Waals surface area contributed by atoms with Crippen LogP contribution >= 0.6 is 12.4 Å². The van der Waals surface area contributed by atoms with E-state index in [9.17, 15) is 8.78 Å². The molecule has 6 nitrogen and oxygen atoms in total. The van der Waals surface area contributed by atoms with Crippen molar-refractivity contribution in [1.29, 1.82) is 0 Å². The van der Waals surface area contributed by atoms with Crippen LogP contribution in [0.5, 0.6) is 5.75 Å². The van der Waals surface area contributed by atoms with E-state index in [1.54, 1.807) is 18.0 Å². The van der Waals surface area contributed by atoms with Gasteiger partial charge in [0, 0.05) is 56.2 Å². The molecule has 1 aliphatic heterocycles. The van der Waals surface area contributed by atoms with E-state index in [-0.39, 0.29) is 12.4 Å². The molecule has 1 aliphatic rings. The lowest BCUT2D eigenvalue weighted by Crippen LogP contribution is -2.46. The summed E-state index contributed by atoms with van der Waals surface area (Å²) in [4.78, 5) is 8.71. The minimum absolute atomic E-state index is 0. The van der Waals surface area contributed by atoms with Crippen LogP contribution < -0.4 is 9.64 Å². The molecule has 1 aromatic carbocycles. The summed E-state index contributed by atoms with van der Waals surface area (Å²) < 4.78 is 34.1. The number of piperazine rings is 1. The summed E-state index contributed by atoms with van der Waals surface area (Å²) in [6.07, 6.45) is 7.70. The van der Waals surface area contributed by atoms with Crippen LogP contribution in [0.2, 0.25) is 0 Å². The van der Waals surface area contributed by atoms with Crippen molar-refractivity contribution in [3.63, 3.8) is 0 Å². The lowest BCUT2D eigenvalue weighted by molar-refractivity contribution is 0.284. The van der Waals surface area contributed by atoms with Crippen LogP contribution in [0.1, 0.15) is 11.3 Å². The molecule has 0 atom stereocenters. The Bertz CT molecular complexity index is 1060. The van der Waals surface area contributed by atoms with Gasteiger partial charge < -0.3 is 9.64 Å². The van der Waals surface area contributed by atoms with E-state index in [1.165, 1.54) is 12.1 Å². The topological polar surface area (TPSA) is 46.4 Å². The van der Waals surface area contributed by atoms with Crippen molar-refractivity contribution in [1.82, 2.24) is 19.7 Å². The molecule has 4 rings (SSSR count). The van der Waals surface area contributed by atoms with Crippen LogP contribution in [-0.4, -0.2) is 59.5 Å². The first-order valence-electron chi connectivity index (χ1n) is 10.2. The maximum absolute atomic E-state index is 13.5. The molecule has 1 saturated heterocycles. The van der Waals surface area contributed by atoms with Crippen molar-refractivity contribution >= 4 is 24.2 Å². The fourth-order valence-corrected chi connectivity index (χ4v) is 3.74. The fraction of sp³-hybridized carbons (Fsp3) is 0.304. The smallest absolute Gasteiger partial charge is 0.196 e. The van der Waals surface area contributed by atoms with Crippen molar-refractivity contribution in [3.8, 4) is 11.6 Å². The van der Waals surface area contributed by atoms with Crippen LogP contribution in [-0.2, 0) is 0 Å². The van der Waals surface area contributed by atoms with Gasteiger partial charge >= 0.3 is 0 Å². The number of pyridine rings is 1. The minimum Gasteiger partial charge on any atom is -0.493 e. The zero-order valence-electron chi connectivity index (χ0n) is 18.0.